The molecule has 138 valence electrons. The molecular weight excluding hydrogens is 338 g/mol. The Balaban J connectivity index is 1.82. The molecule has 7 heteroatoms. The van der Waals surface area contributed by atoms with Crippen LogP contribution in [0.25, 0.3) is 11.0 Å². The largest absolute Gasteiger partial charge is 0.388 e. The third-order valence-corrected chi connectivity index (χ3v) is 5.07. The van der Waals surface area contributed by atoms with Crippen LogP contribution in [0.5, 0.6) is 0 Å². The minimum absolute atomic E-state index is 0.275. The second kappa shape index (κ2) is 6.89. The molecule has 0 amide bonds. The lowest BCUT2D eigenvalue weighted by Gasteiger charge is -2.11. The zero-order valence-corrected chi connectivity index (χ0v) is 15.8. The van der Waals surface area contributed by atoms with E-state index in [4.69, 9.17) is 10.8 Å². The molecule has 2 aromatic heterocycles. The Labute approximate surface area is 158 Å². The van der Waals surface area contributed by atoms with Gasteiger partial charge in [-0.15, -0.1) is 0 Å². The normalized spacial score (nSPS) is 17.1. The molecule has 27 heavy (non-hydrogen) atoms. The summed E-state index contributed by atoms with van der Waals surface area (Å²) in [6, 6.07) is 6.40. The number of likely N-dealkylation sites (tertiary alicyclic amines) is 1. The van der Waals surface area contributed by atoms with Gasteiger partial charge in [-0.2, -0.15) is 5.10 Å². The molecule has 0 saturated carbocycles. The van der Waals surface area contributed by atoms with Gasteiger partial charge in [0.05, 0.1) is 11.4 Å². The maximum Gasteiger partial charge on any atom is 0.164 e. The Morgan fingerprint density at radius 3 is 2.85 bits per heavy atom. The number of nitrogens with two attached hydrogens (primary N) is 1. The molecule has 1 aliphatic rings. The quantitative estimate of drug-likeness (QED) is 0.680. The molecule has 7 nitrogen and oxygen atoms in total. The fourth-order valence-corrected chi connectivity index (χ4v) is 3.49. The zero-order valence-electron chi connectivity index (χ0n) is 15.8. The zero-order chi connectivity index (χ0) is 19.0. The monoisotopic (exact) mass is 361 g/mol. The summed E-state index contributed by atoms with van der Waals surface area (Å²) in [5.74, 6) is 6.88. The first-order valence-corrected chi connectivity index (χ1v) is 9.04. The van der Waals surface area contributed by atoms with Gasteiger partial charge in [0.25, 0.3) is 0 Å². The summed E-state index contributed by atoms with van der Waals surface area (Å²) in [4.78, 5) is 10.9. The highest BCUT2D eigenvalue weighted by Gasteiger charge is 2.25. The van der Waals surface area contributed by atoms with Crippen LogP contribution >= 0.6 is 0 Å². The second-order valence-electron chi connectivity index (χ2n) is 6.99. The number of fused-ring (bicyclic) bond motifs is 1. The summed E-state index contributed by atoms with van der Waals surface area (Å²) in [5, 5.41) is 8.65. The molecule has 0 bridgehead atoms. The van der Waals surface area contributed by atoms with Crippen molar-refractivity contribution >= 4 is 22.5 Å². The number of anilines is 2. The van der Waals surface area contributed by atoms with Crippen LogP contribution in [0.1, 0.15) is 29.3 Å². The first-order chi connectivity index (χ1) is 13.1. The number of aromatic nitrogens is 4. The molecule has 3 N–H and O–H groups in total. The molecule has 1 aliphatic heterocycles. The van der Waals surface area contributed by atoms with Crippen molar-refractivity contribution in [3.63, 3.8) is 0 Å². The van der Waals surface area contributed by atoms with Crippen LogP contribution in [0.2, 0.25) is 0 Å². The molecule has 1 unspecified atom stereocenters. The van der Waals surface area contributed by atoms with Gasteiger partial charge in [0.2, 0.25) is 0 Å². The van der Waals surface area contributed by atoms with Gasteiger partial charge < -0.3 is 16.0 Å². The predicted octanol–water partition coefficient (Wildman–Crippen LogP) is 2.04. The summed E-state index contributed by atoms with van der Waals surface area (Å²) in [6.45, 7) is 4.03. The Kier molecular flexibility index (Phi) is 4.42. The standard InChI is InChI=1S/C20H23N7/c1-13-4-6-15(22-2)10-14(13)5-7-17-18-19(21)23-12-24-20(18)27(25-17)16-8-9-26(3)11-16/h4,6,10,12,16,22H,8-9,11H2,1-3H3,(H2,21,23,24). The highest BCUT2D eigenvalue weighted by molar-refractivity contribution is 5.90. The minimum Gasteiger partial charge on any atom is -0.388 e. The van der Waals surface area contributed by atoms with E-state index in [-0.39, 0.29) is 6.04 Å². The summed E-state index contributed by atoms with van der Waals surface area (Å²) < 4.78 is 1.97. The number of aryl methyl sites for hydroxylation is 1. The number of nitrogens with one attached hydrogen (secondary N) is 1. The second-order valence-corrected chi connectivity index (χ2v) is 6.99. The van der Waals surface area contributed by atoms with Crippen molar-refractivity contribution in [2.75, 3.05) is 38.2 Å². The van der Waals surface area contributed by atoms with Gasteiger partial charge >= 0.3 is 0 Å². The Hall–Kier alpha value is -3.11. The Morgan fingerprint density at radius 1 is 1.26 bits per heavy atom. The summed E-state index contributed by atoms with van der Waals surface area (Å²) in [5.41, 5.74) is 10.6. The van der Waals surface area contributed by atoms with Crippen LogP contribution in [0.4, 0.5) is 11.5 Å². The molecule has 0 aliphatic carbocycles. The topological polar surface area (TPSA) is 84.9 Å². The molecule has 3 heterocycles. The van der Waals surface area contributed by atoms with E-state index in [0.717, 1.165) is 47.4 Å². The van der Waals surface area contributed by atoms with Gasteiger partial charge in [0.15, 0.2) is 5.65 Å². The smallest absolute Gasteiger partial charge is 0.164 e. The summed E-state index contributed by atoms with van der Waals surface area (Å²) >= 11 is 0. The van der Waals surface area contributed by atoms with E-state index >= 15 is 0 Å². The average molecular weight is 361 g/mol. The van der Waals surface area contributed by atoms with Crippen molar-refractivity contribution in [2.45, 2.75) is 19.4 Å². The van der Waals surface area contributed by atoms with Crippen molar-refractivity contribution < 1.29 is 0 Å². The summed E-state index contributed by atoms with van der Waals surface area (Å²) in [6.07, 6.45) is 2.53. The van der Waals surface area contributed by atoms with E-state index in [2.05, 4.69) is 45.1 Å². The molecular formula is C20H23N7. The molecule has 1 aromatic carbocycles. The van der Waals surface area contributed by atoms with E-state index in [0.29, 0.717) is 11.5 Å². The molecule has 1 fully saturated rings. The van der Waals surface area contributed by atoms with E-state index in [1.165, 1.54) is 6.33 Å². The lowest BCUT2D eigenvalue weighted by Crippen LogP contribution is -2.17. The lowest BCUT2D eigenvalue weighted by molar-refractivity contribution is 0.385. The van der Waals surface area contributed by atoms with Gasteiger partial charge in [0.1, 0.15) is 17.8 Å². The Bertz CT molecular complexity index is 1060. The van der Waals surface area contributed by atoms with Crippen LogP contribution in [-0.2, 0) is 0 Å². The van der Waals surface area contributed by atoms with Crippen molar-refractivity contribution in [1.29, 1.82) is 0 Å². The number of likely N-dealkylation sites (N-methyl/N-ethyl adjacent to an activating group) is 1. The fourth-order valence-electron chi connectivity index (χ4n) is 3.49. The highest BCUT2D eigenvalue weighted by Crippen LogP contribution is 2.27. The van der Waals surface area contributed by atoms with E-state index in [1.807, 2.05) is 30.8 Å². The van der Waals surface area contributed by atoms with Gasteiger partial charge in [-0.3, -0.25) is 0 Å². The van der Waals surface area contributed by atoms with Crippen LogP contribution in [0.3, 0.4) is 0 Å². The Morgan fingerprint density at radius 2 is 2.11 bits per heavy atom. The minimum atomic E-state index is 0.275. The lowest BCUT2D eigenvalue weighted by atomic mass is 10.1. The third kappa shape index (κ3) is 3.20. The van der Waals surface area contributed by atoms with E-state index < -0.39 is 0 Å². The molecule has 0 radical (unpaired) electrons. The maximum atomic E-state index is 6.15. The highest BCUT2D eigenvalue weighted by atomic mass is 15.4. The fraction of sp³-hybridized carbons (Fsp3) is 0.350. The number of nitrogens with zero attached hydrogens (tertiary/aromatic N) is 5. The molecule has 0 spiro atoms. The molecule has 3 aromatic rings. The maximum absolute atomic E-state index is 6.15. The van der Waals surface area contributed by atoms with Gasteiger partial charge in [-0.05, 0) is 44.0 Å². The van der Waals surface area contributed by atoms with Crippen LogP contribution in [0, 0.1) is 18.8 Å². The van der Waals surface area contributed by atoms with Crippen LogP contribution < -0.4 is 11.1 Å². The number of hydrogen-bond donors (Lipinski definition) is 2. The molecule has 4 rings (SSSR count). The average Bonchev–Trinajstić information content (AvgIpc) is 3.25. The predicted molar refractivity (Wildman–Crippen MR) is 108 cm³/mol. The van der Waals surface area contributed by atoms with Crippen molar-refractivity contribution in [2.24, 2.45) is 0 Å². The number of benzene rings is 1. The van der Waals surface area contributed by atoms with Crippen LogP contribution in [0.15, 0.2) is 24.5 Å². The van der Waals surface area contributed by atoms with Gasteiger partial charge in [-0.1, -0.05) is 12.0 Å². The van der Waals surface area contributed by atoms with E-state index in [9.17, 15) is 0 Å². The first kappa shape index (κ1) is 17.3. The third-order valence-electron chi connectivity index (χ3n) is 5.07. The number of rotatable bonds is 2. The van der Waals surface area contributed by atoms with Gasteiger partial charge in [0, 0.05) is 31.4 Å². The van der Waals surface area contributed by atoms with Crippen molar-refractivity contribution in [3.8, 4) is 11.8 Å². The molecule has 1 saturated heterocycles. The first-order valence-electron chi connectivity index (χ1n) is 9.04. The number of hydrogen-bond acceptors (Lipinski definition) is 6. The molecule has 1 atom stereocenters. The van der Waals surface area contributed by atoms with Gasteiger partial charge in [-0.25, -0.2) is 14.6 Å². The SMILES string of the molecule is CNc1ccc(C)c(C#Cc2nn(C3CCN(C)C3)c3ncnc(N)c23)c1. The summed E-state index contributed by atoms with van der Waals surface area (Å²) in [7, 11) is 4.01. The van der Waals surface area contributed by atoms with E-state index in [1.54, 1.807) is 0 Å². The van der Waals surface area contributed by atoms with Crippen LogP contribution in [-0.4, -0.2) is 51.8 Å². The van der Waals surface area contributed by atoms with Crippen molar-refractivity contribution in [1.82, 2.24) is 24.6 Å². The number of nitrogen functional groups attached to an aromatic ring is 1. The van der Waals surface area contributed by atoms with Crippen molar-refractivity contribution in [3.05, 3.63) is 41.3 Å².